The van der Waals surface area contributed by atoms with Crippen LogP contribution in [-0.4, -0.2) is 15.9 Å². The van der Waals surface area contributed by atoms with Gasteiger partial charge in [-0.1, -0.05) is 13.8 Å². The fourth-order valence-corrected chi connectivity index (χ4v) is 2.55. The van der Waals surface area contributed by atoms with E-state index in [2.05, 4.69) is 24.1 Å². The van der Waals surface area contributed by atoms with Crippen LogP contribution in [0.4, 0.5) is 11.5 Å². The van der Waals surface area contributed by atoms with Gasteiger partial charge in [0.15, 0.2) is 0 Å². The van der Waals surface area contributed by atoms with E-state index >= 15 is 0 Å². The van der Waals surface area contributed by atoms with Crippen LogP contribution in [0.5, 0.6) is 0 Å². The summed E-state index contributed by atoms with van der Waals surface area (Å²) in [5.74, 6) is 2.11. The second kappa shape index (κ2) is 4.92. The van der Waals surface area contributed by atoms with E-state index in [0.29, 0.717) is 12.0 Å². The molecule has 5 nitrogen and oxygen atoms in total. The molecule has 1 aliphatic rings. The number of pyridine rings is 1. The minimum atomic E-state index is -0.413. The molecule has 1 N–H and O–H groups in total. The lowest BCUT2D eigenvalue weighted by Gasteiger charge is -2.21. The van der Waals surface area contributed by atoms with E-state index in [9.17, 15) is 10.1 Å². The highest BCUT2D eigenvalue weighted by molar-refractivity contribution is 5.49. The lowest BCUT2D eigenvalue weighted by Crippen LogP contribution is -2.25. The molecule has 1 saturated carbocycles. The van der Waals surface area contributed by atoms with Crippen LogP contribution in [0.3, 0.4) is 0 Å². The Hall–Kier alpha value is -1.65. The third-order valence-corrected chi connectivity index (χ3v) is 4.06. The quantitative estimate of drug-likeness (QED) is 0.660. The van der Waals surface area contributed by atoms with Crippen LogP contribution < -0.4 is 5.32 Å². The summed E-state index contributed by atoms with van der Waals surface area (Å²) in [6, 6.07) is 1.99. The van der Waals surface area contributed by atoms with Crippen molar-refractivity contribution in [3.05, 3.63) is 27.9 Å². The molecular weight excluding hydrogens is 230 g/mol. The van der Waals surface area contributed by atoms with Crippen LogP contribution in [0.15, 0.2) is 12.3 Å². The van der Waals surface area contributed by atoms with Crippen molar-refractivity contribution in [1.82, 2.24) is 4.98 Å². The van der Waals surface area contributed by atoms with Gasteiger partial charge in [0.1, 0.15) is 12.0 Å². The zero-order valence-corrected chi connectivity index (χ0v) is 11.0. The fourth-order valence-electron chi connectivity index (χ4n) is 2.55. The molecule has 0 spiro atoms. The van der Waals surface area contributed by atoms with Crippen LogP contribution in [0.1, 0.15) is 32.3 Å². The second-order valence-electron chi connectivity index (χ2n) is 5.28. The fraction of sp³-hybridized carbons (Fsp3) is 0.615. The van der Waals surface area contributed by atoms with Crippen LogP contribution in [-0.2, 0) is 0 Å². The SMILES string of the molecule is Cc1cc([N+](=O)[O-])cnc1NC1CCC(C)C1C. The van der Waals surface area contributed by atoms with E-state index < -0.39 is 4.92 Å². The molecule has 1 heterocycles. The Labute approximate surface area is 107 Å². The van der Waals surface area contributed by atoms with Gasteiger partial charge < -0.3 is 5.32 Å². The number of nitro groups is 1. The molecule has 0 radical (unpaired) electrons. The van der Waals surface area contributed by atoms with Gasteiger partial charge in [-0.3, -0.25) is 10.1 Å². The second-order valence-corrected chi connectivity index (χ2v) is 5.28. The van der Waals surface area contributed by atoms with Gasteiger partial charge in [0, 0.05) is 12.1 Å². The van der Waals surface area contributed by atoms with Crippen LogP contribution in [0, 0.1) is 28.9 Å². The molecule has 0 amide bonds. The Balaban J connectivity index is 2.13. The Kier molecular flexibility index (Phi) is 3.50. The molecule has 1 aromatic heterocycles. The lowest BCUT2D eigenvalue weighted by atomic mass is 9.98. The van der Waals surface area contributed by atoms with Gasteiger partial charge in [-0.25, -0.2) is 4.98 Å². The summed E-state index contributed by atoms with van der Waals surface area (Å²) >= 11 is 0. The zero-order chi connectivity index (χ0) is 13.3. The number of nitrogens with zero attached hydrogens (tertiary/aromatic N) is 2. The van der Waals surface area contributed by atoms with Gasteiger partial charge >= 0.3 is 0 Å². The highest BCUT2D eigenvalue weighted by Crippen LogP contribution is 2.33. The Morgan fingerprint density at radius 3 is 2.67 bits per heavy atom. The monoisotopic (exact) mass is 249 g/mol. The summed E-state index contributed by atoms with van der Waals surface area (Å²) in [7, 11) is 0. The van der Waals surface area contributed by atoms with Crippen LogP contribution in [0.2, 0.25) is 0 Å². The van der Waals surface area contributed by atoms with Crippen molar-refractivity contribution in [3.63, 3.8) is 0 Å². The lowest BCUT2D eigenvalue weighted by molar-refractivity contribution is -0.385. The van der Waals surface area contributed by atoms with Crippen molar-refractivity contribution >= 4 is 11.5 Å². The molecule has 18 heavy (non-hydrogen) atoms. The standard InChI is InChI=1S/C13H19N3O2/c1-8-4-5-12(10(8)3)15-13-9(2)6-11(7-14-13)16(17)18/h6-8,10,12H,4-5H2,1-3H3,(H,14,15). The predicted molar refractivity (Wildman–Crippen MR) is 70.6 cm³/mol. The number of aryl methyl sites for hydroxylation is 1. The summed E-state index contributed by atoms with van der Waals surface area (Å²) < 4.78 is 0. The highest BCUT2D eigenvalue weighted by Gasteiger charge is 2.30. The van der Waals surface area contributed by atoms with E-state index in [0.717, 1.165) is 23.7 Å². The maximum absolute atomic E-state index is 10.6. The zero-order valence-electron chi connectivity index (χ0n) is 11.0. The number of nitrogens with one attached hydrogen (secondary N) is 1. The maximum Gasteiger partial charge on any atom is 0.287 e. The molecule has 0 aromatic carbocycles. The van der Waals surface area contributed by atoms with Gasteiger partial charge in [-0.2, -0.15) is 0 Å². The summed E-state index contributed by atoms with van der Waals surface area (Å²) in [4.78, 5) is 14.4. The van der Waals surface area contributed by atoms with Crippen molar-refractivity contribution in [2.24, 2.45) is 11.8 Å². The molecule has 1 aliphatic carbocycles. The van der Waals surface area contributed by atoms with E-state index in [1.807, 2.05) is 6.92 Å². The number of hydrogen-bond donors (Lipinski definition) is 1. The van der Waals surface area contributed by atoms with Gasteiger partial charge in [0.2, 0.25) is 0 Å². The highest BCUT2D eigenvalue weighted by atomic mass is 16.6. The average molecular weight is 249 g/mol. The Morgan fingerprint density at radius 2 is 2.17 bits per heavy atom. The number of anilines is 1. The van der Waals surface area contributed by atoms with Gasteiger partial charge in [-0.05, 0) is 37.2 Å². The first-order chi connectivity index (χ1) is 8.49. The molecule has 3 unspecified atom stereocenters. The first-order valence-electron chi connectivity index (χ1n) is 6.36. The molecule has 2 rings (SSSR count). The van der Waals surface area contributed by atoms with E-state index in [1.165, 1.54) is 12.6 Å². The Bertz CT molecular complexity index is 462. The summed E-state index contributed by atoms with van der Waals surface area (Å²) in [6.45, 7) is 6.36. The normalized spacial score (nSPS) is 27.2. The largest absolute Gasteiger partial charge is 0.367 e. The topological polar surface area (TPSA) is 68.1 Å². The van der Waals surface area contributed by atoms with Crippen LogP contribution >= 0.6 is 0 Å². The first kappa shape index (κ1) is 12.8. The number of aromatic nitrogens is 1. The molecule has 5 heteroatoms. The van der Waals surface area contributed by atoms with Gasteiger partial charge in [0.05, 0.1) is 4.92 Å². The molecule has 98 valence electrons. The third-order valence-electron chi connectivity index (χ3n) is 4.06. The van der Waals surface area contributed by atoms with Crippen molar-refractivity contribution < 1.29 is 4.92 Å². The molecule has 1 aromatic rings. The van der Waals surface area contributed by atoms with Crippen molar-refractivity contribution in [1.29, 1.82) is 0 Å². The maximum atomic E-state index is 10.6. The smallest absolute Gasteiger partial charge is 0.287 e. The van der Waals surface area contributed by atoms with Gasteiger partial charge in [-0.15, -0.1) is 0 Å². The first-order valence-corrected chi connectivity index (χ1v) is 6.36. The average Bonchev–Trinajstić information content (AvgIpc) is 2.63. The minimum absolute atomic E-state index is 0.0471. The molecule has 1 fully saturated rings. The predicted octanol–water partition coefficient (Wildman–Crippen LogP) is 3.14. The molecule has 0 saturated heterocycles. The third kappa shape index (κ3) is 2.44. The van der Waals surface area contributed by atoms with Crippen molar-refractivity contribution in [2.75, 3.05) is 5.32 Å². The van der Waals surface area contributed by atoms with Gasteiger partial charge in [0.25, 0.3) is 5.69 Å². The van der Waals surface area contributed by atoms with E-state index in [1.54, 1.807) is 6.07 Å². The Morgan fingerprint density at radius 1 is 1.44 bits per heavy atom. The molecular formula is C13H19N3O2. The molecule has 0 bridgehead atoms. The van der Waals surface area contributed by atoms with E-state index in [-0.39, 0.29) is 5.69 Å². The summed E-state index contributed by atoms with van der Waals surface area (Å²) in [5.41, 5.74) is 0.877. The van der Waals surface area contributed by atoms with E-state index in [4.69, 9.17) is 0 Å². The van der Waals surface area contributed by atoms with Crippen molar-refractivity contribution in [2.45, 2.75) is 39.7 Å². The molecule has 3 atom stereocenters. The number of hydrogen-bond acceptors (Lipinski definition) is 4. The summed E-state index contributed by atoms with van der Waals surface area (Å²) in [6.07, 6.45) is 3.68. The van der Waals surface area contributed by atoms with Crippen molar-refractivity contribution in [3.8, 4) is 0 Å². The summed E-state index contributed by atoms with van der Waals surface area (Å²) in [5, 5.41) is 14.1. The molecule has 0 aliphatic heterocycles. The minimum Gasteiger partial charge on any atom is -0.367 e. The number of rotatable bonds is 3. The van der Waals surface area contributed by atoms with Crippen LogP contribution in [0.25, 0.3) is 0 Å².